The zero-order valence-electron chi connectivity index (χ0n) is 4.32. The lowest BCUT2D eigenvalue weighted by Crippen LogP contribution is -2.07. The number of nitrogens with one attached hydrogen (secondary N) is 1. The number of aromatic nitrogens is 1. The molecule has 2 nitrogen and oxygen atoms in total. The van der Waals surface area contributed by atoms with Crippen molar-refractivity contribution < 1.29 is 0 Å². The first-order valence-electron chi connectivity index (χ1n) is 2.24. The summed E-state index contributed by atoms with van der Waals surface area (Å²) >= 11 is 7.40. The molecular weight excluding hydrogens is 252 g/mol. The molecule has 0 fully saturated rings. The highest BCUT2D eigenvalue weighted by Crippen LogP contribution is 2.01. The summed E-state index contributed by atoms with van der Waals surface area (Å²) in [5, 5.41) is 0.375. The summed E-state index contributed by atoms with van der Waals surface area (Å²) in [5.74, 6) is 0. The lowest BCUT2D eigenvalue weighted by atomic mass is 10.5. The molecule has 0 saturated heterocycles. The molecule has 1 rings (SSSR count). The maximum Gasteiger partial charge on any atom is 0.262 e. The molecule has 0 aliphatic rings. The van der Waals surface area contributed by atoms with Crippen LogP contribution in [-0.2, 0) is 0 Å². The van der Waals surface area contributed by atoms with Crippen molar-refractivity contribution in [3.63, 3.8) is 0 Å². The van der Waals surface area contributed by atoms with Crippen molar-refractivity contribution in [2.75, 3.05) is 0 Å². The molecule has 0 saturated carbocycles. The van der Waals surface area contributed by atoms with Gasteiger partial charge in [-0.25, -0.2) is 0 Å². The van der Waals surface area contributed by atoms with Gasteiger partial charge in [-0.05, 0) is 34.7 Å². The summed E-state index contributed by atoms with van der Waals surface area (Å²) < 4.78 is 0.650. The molecule has 0 amide bonds. The van der Waals surface area contributed by atoms with Crippen LogP contribution in [0, 0.1) is 3.57 Å². The van der Waals surface area contributed by atoms with Gasteiger partial charge in [-0.2, -0.15) is 0 Å². The molecule has 48 valence electrons. The lowest BCUT2D eigenvalue weighted by molar-refractivity contribution is 1.21. The van der Waals surface area contributed by atoms with E-state index < -0.39 is 0 Å². The topological polar surface area (TPSA) is 32.9 Å². The van der Waals surface area contributed by atoms with Gasteiger partial charge in [0.25, 0.3) is 5.56 Å². The second-order valence-electron chi connectivity index (χ2n) is 1.48. The predicted molar refractivity (Wildman–Crippen MR) is 44.8 cm³/mol. The van der Waals surface area contributed by atoms with Gasteiger partial charge >= 0.3 is 0 Å². The third-order valence-electron chi connectivity index (χ3n) is 0.826. The van der Waals surface area contributed by atoms with Crippen molar-refractivity contribution in [2.45, 2.75) is 0 Å². The second kappa shape index (κ2) is 2.70. The Morgan fingerprint density at radius 2 is 2.22 bits per heavy atom. The highest BCUT2D eigenvalue weighted by atomic mass is 127. The quantitative estimate of drug-likeness (QED) is 0.555. The number of rotatable bonds is 0. The third-order valence-corrected chi connectivity index (χ3v) is 1.90. The molecule has 1 aromatic rings. The normalized spacial score (nSPS) is 9.56. The minimum absolute atomic E-state index is 0.136. The SMILES string of the molecule is O=c1[nH]c(Cl)ccc1I. The lowest BCUT2D eigenvalue weighted by Gasteiger charge is -1.87. The molecule has 0 aliphatic heterocycles. The van der Waals surface area contributed by atoms with Gasteiger partial charge in [0.05, 0.1) is 3.57 Å². The Balaban J connectivity index is 3.34. The maximum absolute atomic E-state index is 10.7. The fraction of sp³-hybridized carbons (Fsp3) is 0. The Morgan fingerprint density at radius 3 is 2.67 bits per heavy atom. The molecule has 0 spiro atoms. The number of H-pyrrole nitrogens is 1. The molecule has 0 bridgehead atoms. The summed E-state index contributed by atoms with van der Waals surface area (Å²) in [6, 6.07) is 3.31. The van der Waals surface area contributed by atoms with Gasteiger partial charge in [-0.3, -0.25) is 4.79 Å². The standard InChI is InChI=1S/C5H3ClINO/c6-4-2-1-3(7)5(9)8-4/h1-2H,(H,8,9). The Bertz CT molecular complexity index is 270. The number of hydrogen-bond donors (Lipinski definition) is 1. The molecule has 0 aliphatic carbocycles. The van der Waals surface area contributed by atoms with Gasteiger partial charge in [0.1, 0.15) is 5.15 Å². The average molecular weight is 255 g/mol. The fourth-order valence-electron chi connectivity index (χ4n) is 0.432. The highest BCUT2D eigenvalue weighted by molar-refractivity contribution is 14.1. The van der Waals surface area contributed by atoms with Gasteiger partial charge in [-0.1, -0.05) is 11.6 Å². The Hall–Kier alpha value is -0.0300. The molecule has 0 unspecified atom stereocenters. The summed E-state index contributed by atoms with van der Waals surface area (Å²) in [6.45, 7) is 0. The fourth-order valence-corrected chi connectivity index (χ4v) is 0.895. The minimum atomic E-state index is -0.136. The van der Waals surface area contributed by atoms with Crippen molar-refractivity contribution in [1.29, 1.82) is 0 Å². The molecular formula is C5H3ClINO. The maximum atomic E-state index is 10.7. The number of aromatic amines is 1. The molecule has 1 N–H and O–H groups in total. The first-order valence-corrected chi connectivity index (χ1v) is 3.70. The predicted octanol–water partition coefficient (Wildman–Crippen LogP) is 1.63. The van der Waals surface area contributed by atoms with Crippen LogP contribution in [0.25, 0.3) is 0 Å². The summed E-state index contributed by atoms with van der Waals surface area (Å²) in [5.41, 5.74) is -0.136. The van der Waals surface area contributed by atoms with E-state index in [1.54, 1.807) is 12.1 Å². The van der Waals surface area contributed by atoms with E-state index >= 15 is 0 Å². The van der Waals surface area contributed by atoms with Crippen LogP contribution < -0.4 is 5.56 Å². The van der Waals surface area contributed by atoms with Crippen LogP contribution in [0.3, 0.4) is 0 Å². The molecule has 0 aromatic carbocycles. The van der Waals surface area contributed by atoms with Gasteiger partial charge in [0.2, 0.25) is 0 Å². The van der Waals surface area contributed by atoms with Crippen molar-refractivity contribution >= 4 is 34.2 Å². The Kier molecular flexibility index (Phi) is 2.13. The summed E-state index contributed by atoms with van der Waals surface area (Å²) in [4.78, 5) is 13.1. The first kappa shape index (κ1) is 7.08. The zero-order valence-corrected chi connectivity index (χ0v) is 7.23. The third kappa shape index (κ3) is 1.69. The van der Waals surface area contributed by atoms with Crippen molar-refractivity contribution in [3.8, 4) is 0 Å². The Morgan fingerprint density at radius 1 is 1.56 bits per heavy atom. The van der Waals surface area contributed by atoms with E-state index in [1.165, 1.54) is 0 Å². The number of pyridine rings is 1. The van der Waals surface area contributed by atoms with E-state index in [-0.39, 0.29) is 5.56 Å². The van der Waals surface area contributed by atoms with Crippen LogP contribution in [-0.4, -0.2) is 4.98 Å². The largest absolute Gasteiger partial charge is 0.312 e. The van der Waals surface area contributed by atoms with Crippen LogP contribution in [0.4, 0.5) is 0 Å². The van der Waals surface area contributed by atoms with E-state index in [0.29, 0.717) is 8.72 Å². The second-order valence-corrected chi connectivity index (χ2v) is 3.05. The van der Waals surface area contributed by atoms with Crippen molar-refractivity contribution in [1.82, 2.24) is 4.98 Å². The van der Waals surface area contributed by atoms with E-state index in [4.69, 9.17) is 11.6 Å². The van der Waals surface area contributed by atoms with E-state index in [9.17, 15) is 4.79 Å². The number of hydrogen-bond acceptors (Lipinski definition) is 1. The molecule has 1 aromatic heterocycles. The van der Waals surface area contributed by atoms with Crippen molar-refractivity contribution in [2.24, 2.45) is 0 Å². The smallest absolute Gasteiger partial charge is 0.262 e. The molecule has 9 heavy (non-hydrogen) atoms. The Labute approximate surface area is 70.4 Å². The molecule has 0 atom stereocenters. The van der Waals surface area contributed by atoms with Crippen LogP contribution in [0.15, 0.2) is 16.9 Å². The molecule has 4 heteroatoms. The summed E-state index contributed by atoms with van der Waals surface area (Å²) in [7, 11) is 0. The molecule has 0 radical (unpaired) electrons. The first-order chi connectivity index (χ1) is 4.20. The zero-order chi connectivity index (χ0) is 6.85. The minimum Gasteiger partial charge on any atom is -0.312 e. The van der Waals surface area contributed by atoms with Crippen molar-refractivity contribution in [3.05, 3.63) is 31.2 Å². The van der Waals surface area contributed by atoms with Crippen LogP contribution in [0.5, 0.6) is 0 Å². The van der Waals surface area contributed by atoms with E-state index in [0.717, 1.165) is 0 Å². The van der Waals surface area contributed by atoms with Crippen LogP contribution in [0.2, 0.25) is 5.15 Å². The van der Waals surface area contributed by atoms with Gasteiger partial charge < -0.3 is 4.98 Å². The van der Waals surface area contributed by atoms with Gasteiger partial charge in [-0.15, -0.1) is 0 Å². The van der Waals surface area contributed by atoms with Gasteiger partial charge in [0.15, 0.2) is 0 Å². The number of halogens is 2. The average Bonchev–Trinajstić information content (AvgIpc) is 1.80. The highest BCUT2D eigenvalue weighted by Gasteiger charge is 1.92. The molecule has 1 heterocycles. The van der Waals surface area contributed by atoms with Crippen LogP contribution in [0.1, 0.15) is 0 Å². The monoisotopic (exact) mass is 255 g/mol. The van der Waals surface area contributed by atoms with Crippen LogP contribution >= 0.6 is 34.2 Å². The summed E-state index contributed by atoms with van der Waals surface area (Å²) in [6.07, 6.45) is 0. The van der Waals surface area contributed by atoms with Gasteiger partial charge in [0, 0.05) is 0 Å². The van der Waals surface area contributed by atoms with E-state index in [1.807, 2.05) is 22.6 Å². The van der Waals surface area contributed by atoms with E-state index in [2.05, 4.69) is 4.98 Å².